The van der Waals surface area contributed by atoms with Crippen molar-refractivity contribution in [2.75, 3.05) is 13.1 Å². The van der Waals surface area contributed by atoms with Gasteiger partial charge in [0.2, 0.25) is 0 Å². The van der Waals surface area contributed by atoms with Crippen molar-refractivity contribution >= 4 is 63.9 Å². The van der Waals surface area contributed by atoms with Gasteiger partial charge >= 0.3 is 0 Å². The van der Waals surface area contributed by atoms with E-state index in [1.165, 1.54) is 7.76 Å². The zero-order chi connectivity index (χ0) is 14.2. The predicted molar refractivity (Wildman–Crippen MR) is 109 cm³/mol. The molecule has 0 saturated heterocycles. The van der Waals surface area contributed by atoms with E-state index in [4.69, 9.17) is 5.73 Å². The van der Waals surface area contributed by atoms with E-state index >= 15 is 0 Å². The number of nitrogens with one attached hydrogen (secondary N) is 1. The van der Waals surface area contributed by atoms with Gasteiger partial charge in [0.25, 0.3) is 0 Å². The monoisotopic (exact) mass is 528 g/mol. The van der Waals surface area contributed by atoms with Crippen LogP contribution < -0.4 is 11.1 Å². The zero-order valence-corrected chi connectivity index (χ0v) is 16.8. The molecule has 0 amide bonds. The van der Waals surface area contributed by atoms with E-state index in [9.17, 15) is 0 Å². The molecular formula is C14H18I2N4S. The minimum Gasteiger partial charge on any atom is -0.370 e. The smallest absolute Gasteiger partial charge is 0.188 e. The number of guanidine groups is 1. The molecule has 7 heteroatoms. The average Bonchev–Trinajstić information content (AvgIpc) is 2.86. The van der Waals surface area contributed by atoms with E-state index in [0.717, 1.165) is 31.6 Å². The number of hydrogen-bond donors (Lipinski definition) is 2. The van der Waals surface area contributed by atoms with Gasteiger partial charge in [-0.05, 0) is 46.9 Å². The molecule has 0 aliphatic rings. The highest BCUT2D eigenvalue weighted by Crippen LogP contribution is 2.18. The second-order valence-corrected chi connectivity index (χ2v) is 7.28. The Morgan fingerprint density at radius 2 is 2.14 bits per heavy atom. The highest BCUT2D eigenvalue weighted by atomic mass is 127. The first kappa shape index (κ1) is 18.6. The van der Waals surface area contributed by atoms with Gasteiger partial charge in [0.15, 0.2) is 5.96 Å². The van der Waals surface area contributed by atoms with Crippen LogP contribution in [-0.4, -0.2) is 24.0 Å². The predicted octanol–water partition coefficient (Wildman–Crippen LogP) is 3.06. The maximum Gasteiger partial charge on any atom is 0.188 e. The molecule has 0 aromatic carbocycles. The Morgan fingerprint density at radius 1 is 1.29 bits per heavy atom. The quantitative estimate of drug-likeness (QED) is 0.345. The highest BCUT2D eigenvalue weighted by Gasteiger charge is 1.98. The van der Waals surface area contributed by atoms with E-state index in [1.54, 1.807) is 17.5 Å². The van der Waals surface area contributed by atoms with Crippen LogP contribution in [0.15, 0.2) is 41.5 Å². The van der Waals surface area contributed by atoms with Crippen LogP contribution in [0.3, 0.4) is 0 Å². The van der Waals surface area contributed by atoms with E-state index in [-0.39, 0.29) is 24.0 Å². The Kier molecular flexibility index (Phi) is 9.16. The molecule has 0 radical (unpaired) electrons. The molecule has 0 bridgehead atoms. The summed E-state index contributed by atoms with van der Waals surface area (Å²) >= 11 is 4.13. The number of pyridine rings is 1. The molecule has 0 aliphatic carbocycles. The van der Waals surface area contributed by atoms with Crippen LogP contribution in [0.25, 0.3) is 0 Å². The molecule has 4 nitrogen and oxygen atoms in total. The summed E-state index contributed by atoms with van der Waals surface area (Å²) < 4.78 is 1.31. The minimum atomic E-state index is 0. The molecule has 0 fully saturated rings. The van der Waals surface area contributed by atoms with Crippen molar-refractivity contribution in [2.45, 2.75) is 12.8 Å². The summed E-state index contributed by atoms with van der Waals surface area (Å²) in [6.45, 7) is 1.47. The average molecular weight is 528 g/mol. The number of nitrogens with zero attached hydrogens (tertiary/aromatic N) is 2. The number of rotatable bonds is 6. The number of aromatic nitrogens is 1. The molecule has 2 rings (SSSR count). The van der Waals surface area contributed by atoms with Crippen LogP contribution in [-0.2, 0) is 12.8 Å². The van der Waals surface area contributed by atoms with Crippen LogP contribution in [0.1, 0.15) is 10.6 Å². The topological polar surface area (TPSA) is 63.3 Å². The third-order valence-electron chi connectivity index (χ3n) is 2.68. The van der Waals surface area contributed by atoms with Crippen molar-refractivity contribution < 1.29 is 0 Å². The summed E-state index contributed by atoms with van der Waals surface area (Å²) in [4.78, 5) is 9.93. The van der Waals surface area contributed by atoms with E-state index in [2.05, 4.69) is 50.0 Å². The molecule has 2 heterocycles. The van der Waals surface area contributed by atoms with Crippen molar-refractivity contribution in [1.82, 2.24) is 10.3 Å². The Balaban J connectivity index is 0.00000220. The van der Waals surface area contributed by atoms with Gasteiger partial charge in [-0.2, -0.15) is 0 Å². The molecule has 0 saturated carbocycles. The fourth-order valence-corrected chi connectivity index (χ4v) is 3.44. The van der Waals surface area contributed by atoms with Crippen molar-refractivity contribution in [3.8, 4) is 0 Å². The van der Waals surface area contributed by atoms with Crippen molar-refractivity contribution in [3.05, 3.63) is 50.0 Å². The lowest BCUT2D eigenvalue weighted by molar-refractivity contribution is 0.826. The summed E-state index contributed by atoms with van der Waals surface area (Å²) in [5, 5.41) is 3.11. The minimum absolute atomic E-state index is 0. The molecule has 21 heavy (non-hydrogen) atoms. The maximum absolute atomic E-state index is 5.83. The molecule has 0 unspecified atom stereocenters. The molecule has 0 atom stereocenters. The van der Waals surface area contributed by atoms with Crippen LogP contribution in [0, 0.1) is 2.88 Å². The van der Waals surface area contributed by atoms with Gasteiger partial charge in [-0.15, -0.1) is 35.3 Å². The van der Waals surface area contributed by atoms with Gasteiger partial charge in [-0.25, -0.2) is 0 Å². The normalized spacial score (nSPS) is 11.0. The summed E-state index contributed by atoms with van der Waals surface area (Å²) in [6.07, 6.45) is 3.59. The lowest BCUT2D eigenvalue weighted by Gasteiger charge is -2.05. The van der Waals surface area contributed by atoms with E-state index < -0.39 is 0 Å². The van der Waals surface area contributed by atoms with Crippen molar-refractivity contribution in [3.63, 3.8) is 0 Å². The van der Waals surface area contributed by atoms with Crippen LogP contribution in [0.5, 0.6) is 0 Å². The van der Waals surface area contributed by atoms with Gasteiger partial charge in [0.1, 0.15) is 0 Å². The number of hydrogen-bond acceptors (Lipinski definition) is 3. The molecule has 0 aliphatic heterocycles. The SMILES string of the molecule is I.NC(=NCCc1ccc(I)s1)NCCc1ccccn1. The molecule has 114 valence electrons. The first-order valence-corrected chi connectivity index (χ1v) is 8.31. The fourth-order valence-electron chi connectivity index (χ4n) is 1.69. The van der Waals surface area contributed by atoms with Gasteiger partial charge in [-0.1, -0.05) is 6.07 Å². The second-order valence-electron chi connectivity index (χ2n) is 4.22. The summed E-state index contributed by atoms with van der Waals surface area (Å²) in [5.41, 5.74) is 6.88. The number of nitrogens with two attached hydrogens (primary N) is 1. The van der Waals surface area contributed by atoms with E-state index in [0.29, 0.717) is 5.96 Å². The summed E-state index contributed by atoms with van der Waals surface area (Å²) in [6, 6.07) is 10.2. The molecule has 2 aromatic heterocycles. The Hall–Kier alpha value is -0.420. The summed E-state index contributed by atoms with van der Waals surface area (Å²) in [5.74, 6) is 0.507. The number of halogens is 2. The lowest BCUT2D eigenvalue weighted by Crippen LogP contribution is -2.33. The third kappa shape index (κ3) is 7.41. The molecule has 2 aromatic rings. The fraction of sp³-hybridized carbons (Fsp3) is 0.286. The Morgan fingerprint density at radius 3 is 2.81 bits per heavy atom. The maximum atomic E-state index is 5.83. The molecular weight excluding hydrogens is 510 g/mol. The van der Waals surface area contributed by atoms with Crippen LogP contribution in [0.4, 0.5) is 0 Å². The van der Waals surface area contributed by atoms with Crippen molar-refractivity contribution in [1.29, 1.82) is 0 Å². The standard InChI is InChI=1S/C14H17IN4S.HI/c15-13-5-4-12(20-13)7-10-19-14(16)18-9-6-11-3-1-2-8-17-11;/h1-5,8H,6-7,9-10H2,(H3,16,18,19);1H. The largest absolute Gasteiger partial charge is 0.370 e. The van der Waals surface area contributed by atoms with Crippen LogP contribution in [0.2, 0.25) is 0 Å². The van der Waals surface area contributed by atoms with Crippen LogP contribution >= 0.6 is 57.9 Å². The molecule has 3 N–H and O–H groups in total. The first-order chi connectivity index (χ1) is 9.74. The number of aliphatic imine (C=N–C) groups is 1. The Bertz CT molecular complexity index is 557. The van der Waals surface area contributed by atoms with Gasteiger partial charge in [0.05, 0.1) is 2.88 Å². The Labute approximate surface area is 159 Å². The third-order valence-corrected chi connectivity index (χ3v) is 4.64. The summed E-state index contributed by atoms with van der Waals surface area (Å²) in [7, 11) is 0. The van der Waals surface area contributed by atoms with Gasteiger partial charge in [-0.3, -0.25) is 9.98 Å². The lowest BCUT2D eigenvalue weighted by atomic mass is 10.3. The van der Waals surface area contributed by atoms with Gasteiger partial charge < -0.3 is 11.1 Å². The second kappa shape index (κ2) is 10.3. The zero-order valence-electron chi connectivity index (χ0n) is 11.5. The highest BCUT2D eigenvalue weighted by molar-refractivity contribution is 14.1. The van der Waals surface area contributed by atoms with Crippen molar-refractivity contribution in [2.24, 2.45) is 10.7 Å². The first-order valence-electron chi connectivity index (χ1n) is 6.42. The number of thiophene rings is 1. The van der Waals surface area contributed by atoms with E-state index in [1.807, 2.05) is 18.2 Å². The molecule has 0 spiro atoms. The van der Waals surface area contributed by atoms with Gasteiger partial charge in [0, 0.05) is 42.7 Å².